The third-order valence-electron chi connectivity index (χ3n) is 3.85. The lowest BCUT2D eigenvalue weighted by atomic mass is 9.96. The molecule has 4 aromatic carbocycles. The summed E-state index contributed by atoms with van der Waals surface area (Å²) in [4.78, 5) is 0. The Bertz CT molecular complexity index is 1010. The first-order valence-electron chi connectivity index (χ1n) is 6.61. The monoisotopic (exact) mass is 253 g/mol. The van der Waals surface area contributed by atoms with E-state index in [2.05, 4.69) is 54.6 Å². The van der Waals surface area contributed by atoms with Gasteiger partial charge in [-0.15, -0.1) is 0 Å². The predicted octanol–water partition coefficient (Wildman–Crippen LogP) is 5.02. The van der Waals surface area contributed by atoms with Crippen molar-refractivity contribution >= 4 is 32.3 Å². The molecular formula is C19H11N. The largest absolute Gasteiger partial charge is 0.192 e. The molecule has 0 aliphatic heterocycles. The SMILES string of the molecule is N#Cc1cccc2ccc3cc4ccccc4cc3c12. The molecule has 92 valence electrons. The highest BCUT2D eigenvalue weighted by Crippen LogP contribution is 2.31. The summed E-state index contributed by atoms with van der Waals surface area (Å²) in [7, 11) is 0. The van der Waals surface area contributed by atoms with Crippen LogP contribution in [0, 0.1) is 11.3 Å². The van der Waals surface area contributed by atoms with Gasteiger partial charge in [-0.25, -0.2) is 0 Å². The summed E-state index contributed by atoms with van der Waals surface area (Å²) in [5.74, 6) is 0. The Balaban J connectivity index is 2.29. The quantitative estimate of drug-likeness (QED) is 0.319. The van der Waals surface area contributed by atoms with Gasteiger partial charge in [0.2, 0.25) is 0 Å². The molecule has 0 spiro atoms. The summed E-state index contributed by atoms with van der Waals surface area (Å²) in [6, 6.07) is 25.1. The van der Waals surface area contributed by atoms with Crippen LogP contribution < -0.4 is 0 Å². The fraction of sp³-hybridized carbons (Fsp3) is 0. The van der Waals surface area contributed by atoms with Crippen molar-refractivity contribution in [2.45, 2.75) is 0 Å². The maximum atomic E-state index is 9.36. The molecule has 0 N–H and O–H groups in total. The van der Waals surface area contributed by atoms with E-state index in [4.69, 9.17) is 0 Å². The van der Waals surface area contributed by atoms with E-state index in [1.54, 1.807) is 0 Å². The smallest absolute Gasteiger partial charge is 0.0998 e. The lowest BCUT2D eigenvalue weighted by molar-refractivity contribution is 1.51. The Hall–Kier alpha value is -2.85. The Kier molecular flexibility index (Phi) is 2.25. The van der Waals surface area contributed by atoms with Gasteiger partial charge in [0.25, 0.3) is 0 Å². The molecule has 0 aliphatic carbocycles. The second-order valence-electron chi connectivity index (χ2n) is 5.00. The highest BCUT2D eigenvalue weighted by molar-refractivity contribution is 6.13. The number of benzene rings is 4. The maximum absolute atomic E-state index is 9.36. The first-order chi connectivity index (χ1) is 9.86. The first-order valence-corrected chi connectivity index (χ1v) is 6.61. The molecule has 0 atom stereocenters. The predicted molar refractivity (Wildman–Crippen MR) is 83.7 cm³/mol. The minimum Gasteiger partial charge on any atom is -0.192 e. The summed E-state index contributed by atoms with van der Waals surface area (Å²) >= 11 is 0. The first kappa shape index (κ1) is 11.0. The third kappa shape index (κ3) is 1.49. The standard InChI is InChI=1S/C19H11N/c20-12-17-7-3-6-13-8-9-16-10-14-4-1-2-5-15(14)11-18(16)19(13)17/h1-11H. The maximum Gasteiger partial charge on any atom is 0.0998 e. The van der Waals surface area contributed by atoms with Crippen LogP contribution in [0.3, 0.4) is 0 Å². The van der Waals surface area contributed by atoms with Crippen LogP contribution >= 0.6 is 0 Å². The van der Waals surface area contributed by atoms with E-state index in [9.17, 15) is 5.26 Å². The molecule has 0 fully saturated rings. The van der Waals surface area contributed by atoms with E-state index in [-0.39, 0.29) is 0 Å². The molecule has 4 aromatic rings. The molecule has 0 aliphatic rings. The van der Waals surface area contributed by atoms with Crippen molar-refractivity contribution in [1.82, 2.24) is 0 Å². The van der Waals surface area contributed by atoms with Gasteiger partial charge < -0.3 is 0 Å². The summed E-state index contributed by atoms with van der Waals surface area (Å²) in [6.07, 6.45) is 0. The van der Waals surface area contributed by atoms with Gasteiger partial charge in [-0.2, -0.15) is 5.26 Å². The Labute approximate surface area is 116 Å². The van der Waals surface area contributed by atoms with Crippen molar-refractivity contribution < 1.29 is 0 Å². The van der Waals surface area contributed by atoms with E-state index < -0.39 is 0 Å². The highest BCUT2D eigenvalue weighted by atomic mass is 14.2. The van der Waals surface area contributed by atoms with Gasteiger partial charge in [-0.1, -0.05) is 48.5 Å². The third-order valence-corrected chi connectivity index (χ3v) is 3.85. The molecule has 0 unspecified atom stereocenters. The average Bonchev–Trinajstić information content (AvgIpc) is 2.52. The van der Waals surface area contributed by atoms with Crippen molar-refractivity contribution in [1.29, 1.82) is 5.26 Å². The molecule has 0 radical (unpaired) electrons. The van der Waals surface area contributed by atoms with Gasteiger partial charge in [-0.3, -0.25) is 0 Å². The fourth-order valence-corrected chi connectivity index (χ4v) is 2.89. The van der Waals surface area contributed by atoms with Crippen molar-refractivity contribution in [3.63, 3.8) is 0 Å². The molecule has 0 heterocycles. The molecule has 1 heteroatoms. The second kappa shape index (κ2) is 4.08. The number of hydrogen-bond acceptors (Lipinski definition) is 1. The fourth-order valence-electron chi connectivity index (χ4n) is 2.89. The molecule has 0 aromatic heterocycles. The van der Waals surface area contributed by atoms with Crippen LogP contribution in [0.2, 0.25) is 0 Å². The van der Waals surface area contributed by atoms with Crippen molar-refractivity contribution in [3.05, 3.63) is 72.3 Å². The summed E-state index contributed by atoms with van der Waals surface area (Å²) in [6.45, 7) is 0. The lowest BCUT2D eigenvalue weighted by Crippen LogP contribution is -1.83. The van der Waals surface area contributed by atoms with Crippen LogP contribution in [0.15, 0.2) is 66.7 Å². The summed E-state index contributed by atoms with van der Waals surface area (Å²) < 4.78 is 0. The van der Waals surface area contributed by atoms with Gasteiger partial charge in [0.15, 0.2) is 0 Å². The minimum absolute atomic E-state index is 0.739. The van der Waals surface area contributed by atoms with Crippen molar-refractivity contribution in [3.8, 4) is 6.07 Å². The van der Waals surface area contributed by atoms with Gasteiger partial charge in [0.1, 0.15) is 0 Å². The Morgan fingerprint density at radius 3 is 2.15 bits per heavy atom. The average molecular weight is 253 g/mol. The van der Waals surface area contributed by atoms with E-state index in [1.165, 1.54) is 16.2 Å². The van der Waals surface area contributed by atoms with E-state index >= 15 is 0 Å². The molecule has 0 amide bonds. The van der Waals surface area contributed by atoms with Gasteiger partial charge in [0, 0.05) is 5.39 Å². The van der Waals surface area contributed by atoms with E-state index in [0.29, 0.717) is 0 Å². The molecule has 20 heavy (non-hydrogen) atoms. The molecule has 1 nitrogen and oxygen atoms in total. The topological polar surface area (TPSA) is 23.8 Å². The number of nitriles is 1. The zero-order valence-corrected chi connectivity index (χ0v) is 10.8. The normalized spacial score (nSPS) is 10.9. The number of rotatable bonds is 0. The molecule has 0 saturated carbocycles. The van der Waals surface area contributed by atoms with Crippen LogP contribution in [0.1, 0.15) is 5.56 Å². The van der Waals surface area contributed by atoms with Crippen LogP contribution in [0.25, 0.3) is 32.3 Å². The molecular weight excluding hydrogens is 242 g/mol. The van der Waals surface area contributed by atoms with E-state index in [0.717, 1.165) is 21.7 Å². The van der Waals surface area contributed by atoms with Gasteiger partial charge in [0.05, 0.1) is 11.6 Å². The molecule has 0 bridgehead atoms. The number of fused-ring (bicyclic) bond motifs is 4. The lowest BCUT2D eigenvalue weighted by Gasteiger charge is -2.07. The number of hydrogen-bond donors (Lipinski definition) is 0. The second-order valence-corrected chi connectivity index (χ2v) is 5.00. The van der Waals surface area contributed by atoms with Crippen molar-refractivity contribution in [2.75, 3.05) is 0 Å². The summed E-state index contributed by atoms with van der Waals surface area (Å²) in [5.41, 5.74) is 0.739. The number of nitrogens with zero attached hydrogens (tertiary/aromatic N) is 1. The minimum atomic E-state index is 0.739. The van der Waals surface area contributed by atoms with Gasteiger partial charge in [-0.05, 0) is 45.1 Å². The Morgan fingerprint density at radius 2 is 1.35 bits per heavy atom. The Morgan fingerprint density at radius 1 is 0.650 bits per heavy atom. The van der Waals surface area contributed by atoms with Crippen molar-refractivity contribution in [2.24, 2.45) is 0 Å². The van der Waals surface area contributed by atoms with Crippen LogP contribution in [-0.4, -0.2) is 0 Å². The van der Waals surface area contributed by atoms with Crippen LogP contribution in [0.5, 0.6) is 0 Å². The highest BCUT2D eigenvalue weighted by Gasteiger charge is 2.06. The molecule has 0 saturated heterocycles. The summed E-state index contributed by atoms with van der Waals surface area (Å²) in [5, 5.41) is 16.3. The molecule has 4 rings (SSSR count). The zero-order chi connectivity index (χ0) is 13.5. The van der Waals surface area contributed by atoms with Gasteiger partial charge >= 0.3 is 0 Å². The van der Waals surface area contributed by atoms with Crippen LogP contribution in [-0.2, 0) is 0 Å². The van der Waals surface area contributed by atoms with E-state index in [1.807, 2.05) is 18.2 Å². The van der Waals surface area contributed by atoms with Crippen LogP contribution in [0.4, 0.5) is 0 Å². The zero-order valence-electron chi connectivity index (χ0n) is 10.8.